The van der Waals surface area contributed by atoms with Gasteiger partial charge in [0.15, 0.2) is 0 Å². The van der Waals surface area contributed by atoms with E-state index in [4.69, 9.17) is 0 Å². The van der Waals surface area contributed by atoms with Crippen LogP contribution in [0.2, 0.25) is 0 Å². The molecule has 1 aromatic heterocycles. The van der Waals surface area contributed by atoms with Crippen molar-refractivity contribution in [3.8, 4) is 0 Å². The van der Waals surface area contributed by atoms with Crippen LogP contribution in [0.15, 0.2) is 34.4 Å². The fourth-order valence-electron chi connectivity index (χ4n) is 2.30. The number of halogens is 3. The molecule has 2 rings (SSSR count). The van der Waals surface area contributed by atoms with Crippen LogP contribution in [-0.4, -0.2) is 15.7 Å². The van der Waals surface area contributed by atoms with Crippen LogP contribution in [0.25, 0.3) is 0 Å². The average Bonchev–Trinajstić information content (AvgIpc) is 2.68. The number of rotatable bonds is 4. The van der Waals surface area contributed by atoms with Gasteiger partial charge >= 0.3 is 6.18 Å². The molecule has 2 aromatic rings. The normalized spacial score (nSPS) is 12.2. The summed E-state index contributed by atoms with van der Waals surface area (Å²) >= 11 is 1.35. The molecule has 1 aromatic carbocycles. The van der Waals surface area contributed by atoms with Crippen LogP contribution < -0.4 is 0 Å². The summed E-state index contributed by atoms with van der Waals surface area (Å²) in [6, 6.07) is 6.00. The molecule has 0 N–H and O–H groups in total. The molecule has 6 heteroatoms. The third-order valence-corrected chi connectivity index (χ3v) is 4.23. The maximum Gasteiger partial charge on any atom is 0.406 e. The number of alkyl halides is 3. The van der Waals surface area contributed by atoms with E-state index in [0.29, 0.717) is 10.7 Å². The van der Waals surface area contributed by atoms with Crippen LogP contribution in [0.4, 0.5) is 13.2 Å². The largest absolute Gasteiger partial charge is 0.406 e. The van der Waals surface area contributed by atoms with E-state index in [1.165, 1.54) is 22.7 Å². The SMILES string of the molecule is Cc1cc(C)cc(Sc2c(C(C)C)ncn2CC(F)(F)F)c1. The molecule has 0 spiro atoms. The Labute approximate surface area is 132 Å². The first-order valence-corrected chi connectivity index (χ1v) is 7.85. The lowest BCUT2D eigenvalue weighted by Gasteiger charge is -2.13. The molecule has 2 nitrogen and oxygen atoms in total. The second kappa shape index (κ2) is 6.36. The molecular weight excluding hydrogens is 309 g/mol. The van der Waals surface area contributed by atoms with Crippen LogP contribution in [0.5, 0.6) is 0 Å². The minimum Gasteiger partial charge on any atom is -0.316 e. The lowest BCUT2D eigenvalue weighted by atomic mass is 10.1. The molecule has 0 amide bonds. The Bertz CT molecular complexity index is 640. The van der Waals surface area contributed by atoms with E-state index in [1.54, 1.807) is 0 Å². The molecule has 0 bridgehead atoms. The van der Waals surface area contributed by atoms with Gasteiger partial charge in [0, 0.05) is 4.90 Å². The molecule has 0 aliphatic carbocycles. The highest BCUT2D eigenvalue weighted by Gasteiger charge is 2.30. The average molecular weight is 328 g/mol. The van der Waals surface area contributed by atoms with Crippen molar-refractivity contribution < 1.29 is 13.2 Å². The first-order valence-electron chi connectivity index (χ1n) is 7.03. The summed E-state index contributed by atoms with van der Waals surface area (Å²) in [6.07, 6.45) is -2.97. The number of imidazole rings is 1. The predicted octanol–water partition coefficient (Wildman–Crippen LogP) is 5.34. The Morgan fingerprint density at radius 2 is 1.73 bits per heavy atom. The summed E-state index contributed by atoms with van der Waals surface area (Å²) in [6.45, 7) is 6.82. The Hall–Kier alpha value is -1.43. The van der Waals surface area contributed by atoms with Gasteiger partial charge in [-0.15, -0.1) is 0 Å². The fraction of sp³-hybridized carbons (Fsp3) is 0.438. The van der Waals surface area contributed by atoms with E-state index in [0.717, 1.165) is 16.0 Å². The molecule has 0 atom stereocenters. The van der Waals surface area contributed by atoms with E-state index in [2.05, 4.69) is 4.98 Å². The predicted molar refractivity (Wildman–Crippen MR) is 82.4 cm³/mol. The maximum atomic E-state index is 12.7. The van der Waals surface area contributed by atoms with Gasteiger partial charge < -0.3 is 4.57 Å². The van der Waals surface area contributed by atoms with Crippen LogP contribution in [-0.2, 0) is 6.54 Å². The van der Waals surface area contributed by atoms with E-state index in [-0.39, 0.29) is 5.92 Å². The highest BCUT2D eigenvalue weighted by Crippen LogP contribution is 2.35. The Morgan fingerprint density at radius 1 is 1.14 bits per heavy atom. The second-order valence-electron chi connectivity index (χ2n) is 5.76. The Morgan fingerprint density at radius 3 is 2.23 bits per heavy atom. The monoisotopic (exact) mass is 328 g/mol. The zero-order chi connectivity index (χ0) is 16.5. The van der Waals surface area contributed by atoms with Crippen molar-refractivity contribution in [3.63, 3.8) is 0 Å². The van der Waals surface area contributed by atoms with Gasteiger partial charge in [0.1, 0.15) is 11.6 Å². The van der Waals surface area contributed by atoms with Gasteiger partial charge in [-0.2, -0.15) is 13.2 Å². The molecule has 0 fully saturated rings. The minimum atomic E-state index is -4.26. The summed E-state index contributed by atoms with van der Waals surface area (Å²) in [5, 5.41) is 0.567. The lowest BCUT2D eigenvalue weighted by Crippen LogP contribution is -2.17. The van der Waals surface area contributed by atoms with Gasteiger partial charge in [-0.05, 0) is 43.0 Å². The minimum absolute atomic E-state index is 0.0721. The molecular formula is C16H19F3N2S. The van der Waals surface area contributed by atoms with Gasteiger partial charge in [-0.1, -0.05) is 31.7 Å². The number of aromatic nitrogens is 2. The number of nitrogens with zero attached hydrogens (tertiary/aromatic N) is 2. The molecule has 22 heavy (non-hydrogen) atoms. The quantitative estimate of drug-likeness (QED) is 0.754. The van der Waals surface area contributed by atoms with Gasteiger partial charge in [0.25, 0.3) is 0 Å². The number of aryl methyl sites for hydroxylation is 2. The first-order chi connectivity index (χ1) is 10.2. The van der Waals surface area contributed by atoms with Crippen LogP contribution in [0.1, 0.15) is 36.6 Å². The molecule has 0 saturated heterocycles. The molecule has 0 saturated carbocycles. The Balaban J connectivity index is 2.40. The zero-order valence-corrected chi connectivity index (χ0v) is 13.8. The molecule has 1 heterocycles. The summed E-state index contributed by atoms with van der Waals surface area (Å²) in [4.78, 5) is 5.12. The van der Waals surface area contributed by atoms with Gasteiger partial charge in [-0.3, -0.25) is 0 Å². The molecule has 0 aliphatic heterocycles. The molecule has 120 valence electrons. The fourth-order valence-corrected chi connectivity index (χ4v) is 3.64. The smallest absolute Gasteiger partial charge is 0.316 e. The van der Waals surface area contributed by atoms with Gasteiger partial charge in [-0.25, -0.2) is 4.98 Å². The van der Waals surface area contributed by atoms with Crippen molar-refractivity contribution >= 4 is 11.8 Å². The molecule has 0 aliphatic rings. The van der Waals surface area contributed by atoms with Gasteiger partial charge in [0.05, 0.1) is 12.0 Å². The number of benzene rings is 1. The summed E-state index contributed by atoms with van der Waals surface area (Å²) in [5.74, 6) is 0.0721. The third kappa shape index (κ3) is 4.29. The maximum absolute atomic E-state index is 12.7. The van der Waals surface area contributed by atoms with Crippen molar-refractivity contribution in [1.29, 1.82) is 0 Å². The zero-order valence-electron chi connectivity index (χ0n) is 13.0. The van der Waals surface area contributed by atoms with E-state index < -0.39 is 12.7 Å². The van der Waals surface area contributed by atoms with Gasteiger partial charge in [0.2, 0.25) is 0 Å². The van der Waals surface area contributed by atoms with E-state index >= 15 is 0 Å². The topological polar surface area (TPSA) is 17.8 Å². The number of hydrogen-bond donors (Lipinski definition) is 0. The van der Waals surface area contributed by atoms with Crippen LogP contribution in [0, 0.1) is 13.8 Å². The van der Waals surface area contributed by atoms with Crippen molar-refractivity contribution in [2.24, 2.45) is 0 Å². The van der Waals surface area contributed by atoms with Crippen LogP contribution in [0.3, 0.4) is 0 Å². The molecule has 0 unspecified atom stereocenters. The number of hydrogen-bond acceptors (Lipinski definition) is 2. The Kier molecular flexibility index (Phi) is 4.90. The van der Waals surface area contributed by atoms with Crippen molar-refractivity contribution in [1.82, 2.24) is 9.55 Å². The van der Waals surface area contributed by atoms with Crippen molar-refractivity contribution in [2.75, 3.05) is 0 Å². The lowest BCUT2D eigenvalue weighted by molar-refractivity contribution is -0.141. The second-order valence-corrected chi connectivity index (χ2v) is 6.82. The summed E-state index contributed by atoms with van der Waals surface area (Å²) < 4.78 is 39.4. The summed E-state index contributed by atoms with van der Waals surface area (Å²) in [5.41, 5.74) is 2.89. The van der Waals surface area contributed by atoms with Crippen molar-refractivity contribution in [3.05, 3.63) is 41.3 Å². The molecule has 0 radical (unpaired) electrons. The van der Waals surface area contributed by atoms with E-state index in [1.807, 2.05) is 45.9 Å². The first kappa shape index (κ1) is 16.9. The standard InChI is InChI=1S/C16H19F3N2S/c1-10(2)14-15(21(9-20-14)8-16(17,18)19)22-13-6-11(3)5-12(4)7-13/h5-7,9-10H,8H2,1-4H3. The summed E-state index contributed by atoms with van der Waals surface area (Å²) in [7, 11) is 0. The van der Waals surface area contributed by atoms with Crippen LogP contribution >= 0.6 is 11.8 Å². The van der Waals surface area contributed by atoms with E-state index in [9.17, 15) is 13.2 Å². The van der Waals surface area contributed by atoms with Crippen molar-refractivity contribution in [2.45, 2.75) is 56.3 Å². The highest BCUT2D eigenvalue weighted by molar-refractivity contribution is 7.99. The third-order valence-electron chi connectivity index (χ3n) is 3.12. The highest BCUT2D eigenvalue weighted by atomic mass is 32.2.